The number of hydrogen-bond donors (Lipinski definition) is 2. The number of benzene rings is 1. The van der Waals surface area contributed by atoms with Gasteiger partial charge in [0, 0.05) is 11.6 Å². The van der Waals surface area contributed by atoms with Gasteiger partial charge >= 0.3 is 0 Å². The molecule has 1 aromatic heterocycles. The first kappa shape index (κ1) is 16.6. The van der Waals surface area contributed by atoms with E-state index in [4.69, 9.17) is 0 Å². The minimum absolute atomic E-state index is 0.00462. The molecular weight excluding hydrogens is 360 g/mol. The second-order valence-corrected chi connectivity index (χ2v) is 9.46. The summed E-state index contributed by atoms with van der Waals surface area (Å²) in [6.45, 7) is 0. The highest BCUT2D eigenvalue weighted by Gasteiger charge is 2.41. The molecule has 4 rings (SSSR count). The standard InChI is InChI=1S/C16H18N4O3S2/c21-14(11-4-2-1-3-5-11)17-15-18-19-16(24-15)25(22,23)20-13-9-10-6-7-12(13)8-10/h1-5,10,12-13,20H,6-9H2,(H,17,18,21)/t10-,12-,13-/m0/s1. The third kappa shape index (κ3) is 3.44. The number of anilines is 1. The molecule has 0 radical (unpaired) electrons. The van der Waals surface area contributed by atoms with Crippen LogP contribution in [0.15, 0.2) is 34.7 Å². The molecule has 2 aliphatic rings. The van der Waals surface area contributed by atoms with E-state index in [1.165, 1.54) is 6.42 Å². The van der Waals surface area contributed by atoms with Gasteiger partial charge in [-0.05, 0) is 43.2 Å². The van der Waals surface area contributed by atoms with Crippen LogP contribution in [-0.2, 0) is 10.0 Å². The summed E-state index contributed by atoms with van der Waals surface area (Å²) >= 11 is 0.862. The molecule has 2 N–H and O–H groups in total. The van der Waals surface area contributed by atoms with E-state index in [0.717, 1.165) is 30.6 Å². The number of carbonyl (C=O) groups is 1. The normalized spacial score (nSPS) is 25.2. The molecule has 25 heavy (non-hydrogen) atoms. The van der Waals surface area contributed by atoms with Crippen molar-refractivity contribution >= 4 is 32.4 Å². The van der Waals surface area contributed by atoms with Crippen LogP contribution >= 0.6 is 11.3 Å². The van der Waals surface area contributed by atoms with E-state index in [1.807, 2.05) is 6.07 Å². The van der Waals surface area contributed by atoms with Crippen LogP contribution in [-0.4, -0.2) is 30.6 Å². The minimum Gasteiger partial charge on any atom is -0.296 e. The summed E-state index contributed by atoms with van der Waals surface area (Å²) in [5, 5.41) is 10.3. The number of fused-ring (bicyclic) bond motifs is 2. The monoisotopic (exact) mass is 378 g/mol. The number of nitrogens with zero attached hydrogens (tertiary/aromatic N) is 2. The van der Waals surface area contributed by atoms with Crippen molar-refractivity contribution in [1.29, 1.82) is 0 Å². The van der Waals surface area contributed by atoms with E-state index in [2.05, 4.69) is 20.2 Å². The number of carbonyl (C=O) groups excluding carboxylic acids is 1. The van der Waals surface area contributed by atoms with Crippen LogP contribution in [0.25, 0.3) is 0 Å². The van der Waals surface area contributed by atoms with Gasteiger partial charge in [0.05, 0.1) is 0 Å². The average molecular weight is 378 g/mol. The van der Waals surface area contributed by atoms with Crippen LogP contribution in [0.3, 0.4) is 0 Å². The Bertz CT molecular complexity index is 882. The molecule has 2 bridgehead atoms. The molecule has 0 unspecified atom stereocenters. The van der Waals surface area contributed by atoms with E-state index < -0.39 is 10.0 Å². The summed E-state index contributed by atoms with van der Waals surface area (Å²) in [5.74, 6) is 0.736. The predicted molar refractivity (Wildman–Crippen MR) is 93.9 cm³/mol. The molecule has 1 amide bonds. The third-order valence-electron chi connectivity index (χ3n) is 4.94. The van der Waals surface area contributed by atoms with E-state index in [-0.39, 0.29) is 21.4 Å². The number of rotatable bonds is 5. The van der Waals surface area contributed by atoms with Crippen molar-refractivity contribution in [1.82, 2.24) is 14.9 Å². The van der Waals surface area contributed by atoms with Crippen LogP contribution < -0.4 is 10.0 Å². The van der Waals surface area contributed by atoms with Crippen molar-refractivity contribution in [2.75, 3.05) is 5.32 Å². The highest BCUT2D eigenvalue weighted by molar-refractivity contribution is 7.91. The molecule has 2 fully saturated rings. The van der Waals surface area contributed by atoms with E-state index in [1.54, 1.807) is 24.3 Å². The summed E-state index contributed by atoms with van der Waals surface area (Å²) in [5.41, 5.74) is 0.474. The summed E-state index contributed by atoms with van der Waals surface area (Å²) < 4.78 is 27.7. The van der Waals surface area contributed by atoms with Gasteiger partial charge in [-0.25, -0.2) is 13.1 Å². The number of sulfonamides is 1. The van der Waals surface area contributed by atoms with Crippen molar-refractivity contribution in [2.45, 2.75) is 36.1 Å². The molecule has 0 spiro atoms. The molecule has 9 heteroatoms. The van der Waals surface area contributed by atoms with E-state index in [0.29, 0.717) is 17.4 Å². The van der Waals surface area contributed by atoms with Crippen molar-refractivity contribution in [3.05, 3.63) is 35.9 Å². The maximum atomic E-state index is 12.5. The minimum atomic E-state index is -3.70. The first-order chi connectivity index (χ1) is 12.0. The Hall–Kier alpha value is -1.84. The lowest BCUT2D eigenvalue weighted by Gasteiger charge is -2.21. The number of amides is 1. The van der Waals surface area contributed by atoms with Gasteiger partial charge in [0.25, 0.3) is 15.9 Å². The highest BCUT2D eigenvalue weighted by Crippen LogP contribution is 2.44. The Morgan fingerprint density at radius 2 is 1.92 bits per heavy atom. The fourth-order valence-electron chi connectivity index (χ4n) is 3.77. The quantitative estimate of drug-likeness (QED) is 0.777. The van der Waals surface area contributed by atoms with Gasteiger partial charge in [0.1, 0.15) is 0 Å². The number of aromatic nitrogens is 2. The maximum Gasteiger partial charge on any atom is 0.270 e. The van der Waals surface area contributed by atoms with Gasteiger partial charge < -0.3 is 0 Å². The van der Waals surface area contributed by atoms with Crippen LogP contribution in [0.5, 0.6) is 0 Å². The van der Waals surface area contributed by atoms with Gasteiger partial charge in [-0.2, -0.15) is 0 Å². The lowest BCUT2D eigenvalue weighted by molar-refractivity contribution is 0.102. The summed E-state index contributed by atoms with van der Waals surface area (Å²) in [6, 6.07) is 8.66. The number of nitrogens with one attached hydrogen (secondary N) is 2. The zero-order valence-corrected chi connectivity index (χ0v) is 15.0. The average Bonchev–Trinajstić information content (AvgIpc) is 3.32. The molecule has 2 saturated carbocycles. The molecule has 3 atom stereocenters. The van der Waals surface area contributed by atoms with Crippen molar-refractivity contribution in [3.8, 4) is 0 Å². The third-order valence-corrected chi connectivity index (χ3v) is 7.63. The lowest BCUT2D eigenvalue weighted by Crippen LogP contribution is -2.38. The van der Waals surface area contributed by atoms with Gasteiger partial charge in [0.2, 0.25) is 9.47 Å². The zero-order chi connectivity index (χ0) is 17.4. The topological polar surface area (TPSA) is 101 Å². The van der Waals surface area contributed by atoms with Crippen molar-refractivity contribution < 1.29 is 13.2 Å². The fraction of sp³-hybridized carbons (Fsp3) is 0.438. The fourth-order valence-corrected chi connectivity index (χ4v) is 6.00. The lowest BCUT2D eigenvalue weighted by atomic mass is 9.96. The van der Waals surface area contributed by atoms with Crippen molar-refractivity contribution in [3.63, 3.8) is 0 Å². The number of hydrogen-bond acceptors (Lipinski definition) is 6. The summed E-state index contributed by atoms with van der Waals surface area (Å²) in [4.78, 5) is 12.1. The van der Waals surface area contributed by atoms with Crippen molar-refractivity contribution in [2.24, 2.45) is 11.8 Å². The Morgan fingerprint density at radius 1 is 1.12 bits per heavy atom. The molecular formula is C16H18N4O3S2. The van der Waals surface area contributed by atoms with Crippen LogP contribution in [0.2, 0.25) is 0 Å². The Morgan fingerprint density at radius 3 is 2.60 bits per heavy atom. The van der Waals surface area contributed by atoms with Gasteiger partial charge in [-0.1, -0.05) is 36.0 Å². The Balaban J connectivity index is 1.44. The van der Waals surface area contributed by atoms with E-state index >= 15 is 0 Å². The molecule has 2 aliphatic carbocycles. The molecule has 0 aliphatic heterocycles. The molecule has 1 heterocycles. The van der Waals surface area contributed by atoms with Gasteiger partial charge in [0.15, 0.2) is 0 Å². The van der Waals surface area contributed by atoms with Crippen LogP contribution in [0, 0.1) is 11.8 Å². The second-order valence-electron chi connectivity index (χ2n) is 6.60. The van der Waals surface area contributed by atoms with Gasteiger partial charge in [-0.3, -0.25) is 10.1 Å². The molecule has 7 nitrogen and oxygen atoms in total. The molecule has 132 valence electrons. The molecule has 1 aromatic carbocycles. The van der Waals surface area contributed by atoms with Gasteiger partial charge in [-0.15, -0.1) is 10.2 Å². The molecule has 2 aromatic rings. The SMILES string of the molecule is O=C(Nc1nnc(S(=O)(=O)N[C@H]2C[C@H]3CC[C@H]2C3)s1)c1ccccc1. The second kappa shape index (κ2) is 6.47. The Kier molecular flexibility index (Phi) is 4.30. The first-order valence-electron chi connectivity index (χ1n) is 8.23. The molecule has 0 saturated heterocycles. The first-order valence-corrected chi connectivity index (χ1v) is 10.5. The summed E-state index contributed by atoms with van der Waals surface area (Å²) in [6.07, 6.45) is 4.31. The zero-order valence-electron chi connectivity index (χ0n) is 13.4. The summed E-state index contributed by atoms with van der Waals surface area (Å²) in [7, 11) is -3.70. The highest BCUT2D eigenvalue weighted by atomic mass is 32.2. The largest absolute Gasteiger partial charge is 0.296 e. The van der Waals surface area contributed by atoms with E-state index in [9.17, 15) is 13.2 Å². The predicted octanol–water partition coefficient (Wildman–Crippen LogP) is 2.26. The van der Waals surface area contributed by atoms with Crippen LogP contribution in [0.4, 0.5) is 5.13 Å². The smallest absolute Gasteiger partial charge is 0.270 e. The maximum absolute atomic E-state index is 12.5. The van der Waals surface area contributed by atoms with Crippen LogP contribution in [0.1, 0.15) is 36.0 Å². The Labute approximate surface area is 149 Å².